The highest BCUT2D eigenvalue weighted by Gasteiger charge is 2.25. The maximum Gasteiger partial charge on any atom is 0.193 e. The number of aromatic nitrogens is 3. The Kier molecular flexibility index (Phi) is 8.75. The molecule has 0 radical (unpaired) electrons. The number of pyridine rings is 1. The van der Waals surface area contributed by atoms with E-state index < -0.39 is 0 Å². The molecule has 0 amide bonds. The van der Waals surface area contributed by atoms with Crippen LogP contribution in [0, 0.1) is 5.92 Å². The lowest BCUT2D eigenvalue weighted by Gasteiger charge is -2.24. The molecule has 1 atom stereocenters. The maximum atomic E-state index is 4.48. The summed E-state index contributed by atoms with van der Waals surface area (Å²) < 4.78 is 2.04. The van der Waals surface area contributed by atoms with Crippen LogP contribution in [0.15, 0.2) is 29.4 Å². The van der Waals surface area contributed by atoms with Crippen molar-refractivity contribution in [1.82, 2.24) is 29.7 Å². The SMILES string of the molecule is CCN(CC)CC1CCN(C(=NC)NCCc2nnc3ccccn23)C1.I. The monoisotopic (exact) mass is 485 g/mol. The van der Waals surface area contributed by atoms with Gasteiger partial charge >= 0.3 is 0 Å². The lowest BCUT2D eigenvalue weighted by molar-refractivity contribution is 0.255. The van der Waals surface area contributed by atoms with Crippen molar-refractivity contribution in [2.45, 2.75) is 26.7 Å². The summed E-state index contributed by atoms with van der Waals surface area (Å²) in [5, 5.41) is 12.0. The van der Waals surface area contributed by atoms with Crippen LogP contribution in [-0.4, -0.2) is 76.7 Å². The summed E-state index contributed by atoms with van der Waals surface area (Å²) >= 11 is 0. The van der Waals surface area contributed by atoms with E-state index in [-0.39, 0.29) is 24.0 Å². The molecule has 27 heavy (non-hydrogen) atoms. The second-order valence-electron chi connectivity index (χ2n) is 6.86. The van der Waals surface area contributed by atoms with Gasteiger partial charge in [0.15, 0.2) is 11.6 Å². The van der Waals surface area contributed by atoms with Gasteiger partial charge in [0.25, 0.3) is 0 Å². The number of nitrogens with zero attached hydrogens (tertiary/aromatic N) is 6. The molecule has 0 saturated carbocycles. The van der Waals surface area contributed by atoms with E-state index in [4.69, 9.17) is 0 Å². The standard InChI is InChI=1S/C19H31N7.HI/c1-4-24(5-2)14-16-10-13-25(15-16)19(20-3)21-11-9-18-23-22-17-8-6-7-12-26(17)18;/h6-8,12,16H,4-5,9-11,13-15H2,1-3H3,(H,20,21);1H. The van der Waals surface area contributed by atoms with Crippen molar-refractivity contribution in [2.24, 2.45) is 10.9 Å². The molecule has 1 N–H and O–H groups in total. The van der Waals surface area contributed by atoms with Crippen molar-refractivity contribution in [3.8, 4) is 0 Å². The predicted octanol–water partition coefficient (Wildman–Crippen LogP) is 2.13. The van der Waals surface area contributed by atoms with E-state index in [9.17, 15) is 0 Å². The Morgan fingerprint density at radius 3 is 2.85 bits per heavy atom. The summed E-state index contributed by atoms with van der Waals surface area (Å²) in [5.74, 6) is 2.71. The fourth-order valence-electron chi connectivity index (χ4n) is 3.70. The van der Waals surface area contributed by atoms with Crippen molar-refractivity contribution in [2.75, 3.05) is 46.3 Å². The van der Waals surface area contributed by atoms with Gasteiger partial charge in [-0.15, -0.1) is 34.2 Å². The van der Waals surface area contributed by atoms with E-state index in [1.165, 1.54) is 13.0 Å². The van der Waals surface area contributed by atoms with E-state index in [1.54, 1.807) is 0 Å². The van der Waals surface area contributed by atoms with Crippen molar-refractivity contribution < 1.29 is 0 Å². The first-order chi connectivity index (χ1) is 12.7. The Bertz CT molecular complexity index is 726. The van der Waals surface area contributed by atoms with E-state index >= 15 is 0 Å². The molecular weight excluding hydrogens is 453 g/mol. The van der Waals surface area contributed by atoms with Gasteiger partial charge in [0, 0.05) is 45.8 Å². The number of likely N-dealkylation sites (tertiary alicyclic amines) is 1. The molecule has 0 aliphatic carbocycles. The van der Waals surface area contributed by atoms with Gasteiger partial charge < -0.3 is 15.1 Å². The van der Waals surface area contributed by atoms with Gasteiger partial charge in [-0.3, -0.25) is 9.39 Å². The maximum absolute atomic E-state index is 4.48. The van der Waals surface area contributed by atoms with Crippen molar-refractivity contribution in [3.05, 3.63) is 30.2 Å². The third kappa shape index (κ3) is 5.54. The molecule has 150 valence electrons. The predicted molar refractivity (Wildman–Crippen MR) is 121 cm³/mol. The third-order valence-corrected chi connectivity index (χ3v) is 5.22. The second kappa shape index (κ2) is 10.8. The zero-order valence-corrected chi connectivity index (χ0v) is 19.0. The van der Waals surface area contributed by atoms with E-state index in [0.29, 0.717) is 0 Å². The summed E-state index contributed by atoms with van der Waals surface area (Å²) in [6.45, 7) is 10.9. The summed E-state index contributed by atoms with van der Waals surface area (Å²) in [4.78, 5) is 9.38. The molecule has 7 nitrogen and oxygen atoms in total. The molecule has 8 heteroatoms. The highest BCUT2D eigenvalue weighted by molar-refractivity contribution is 14.0. The Hall–Kier alpha value is -1.42. The van der Waals surface area contributed by atoms with Crippen molar-refractivity contribution in [1.29, 1.82) is 0 Å². The largest absolute Gasteiger partial charge is 0.356 e. The van der Waals surface area contributed by atoms with Gasteiger partial charge in [0.2, 0.25) is 0 Å². The number of guanidine groups is 1. The average Bonchev–Trinajstić information content (AvgIpc) is 3.30. The number of halogens is 1. The zero-order chi connectivity index (χ0) is 18.4. The fourth-order valence-corrected chi connectivity index (χ4v) is 3.70. The minimum absolute atomic E-state index is 0. The Morgan fingerprint density at radius 2 is 2.11 bits per heavy atom. The molecule has 0 aromatic carbocycles. The number of nitrogens with one attached hydrogen (secondary N) is 1. The molecule has 2 aromatic rings. The molecule has 3 heterocycles. The molecule has 1 unspecified atom stereocenters. The molecule has 1 saturated heterocycles. The lowest BCUT2D eigenvalue weighted by Crippen LogP contribution is -2.41. The van der Waals surface area contributed by atoms with E-state index in [2.05, 4.69) is 44.2 Å². The molecule has 1 aliphatic heterocycles. The number of aliphatic imine (C=N–C) groups is 1. The number of fused-ring (bicyclic) bond motifs is 1. The number of hydrogen-bond acceptors (Lipinski definition) is 4. The zero-order valence-electron chi connectivity index (χ0n) is 16.6. The first-order valence-electron chi connectivity index (χ1n) is 9.71. The van der Waals surface area contributed by atoms with Gasteiger partial charge in [0.05, 0.1) is 0 Å². The summed E-state index contributed by atoms with van der Waals surface area (Å²) in [6, 6.07) is 5.96. The van der Waals surface area contributed by atoms with Crippen LogP contribution in [0.4, 0.5) is 0 Å². The smallest absolute Gasteiger partial charge is 0.193 e. The first kappa shape index (κ1) is 21.9. The Labute approximate surface area is 179 Å². The van der Waals surface area contributed by atoms with Gasteiger partial charge in [0.1, 0.15) is 5.82 Å². The topological polar surface area (TPSA) is 61.1 Å². The van der Waals surface area contributed by atoms with Crippen LogP contribution >= 0.6 is 24.0 Å². The lowest BCUT2D eigenvalue weighted by atomic mass is 10.1. The molecule has 3 rings (SSSR count). The van der Waals surface area contributed by atoms with Crippen LogP contribution in [0.3, 0.4) is 0 Å². The second-order valence-corrected chi connectivity index (χ2v) is 6.86. The van der Waals surface area contributed by atoms with Crippen LogP contribution in [0.1, 0.15) is 26.1 Å². The minimum atomic E-state index is 0. The molecular formula is C19H32IN7. The first-order valence-corrected chi connectivity index (χ1v) is 9.71. The van der Waals surface area contributed by atoms with Gasteiger partial charge in [-0.1, -0.05) is 19.9 Å². The minimum Gasteiger partial charge on any atom is -0.356 e. The normalized spacial score (nSPS) is 17.6. The number of hydrogen-bond donors (Lipinski definition) is 1. The Morgan fingerprint density at radius 1 is 1.30 bits per heavy atom. The molecule has 1 aliphatic rings. The molecule has 0 bridgehead atoms. The number of rotatable bonds is 7. The summed E-state index contributed by atoms with van der Waals surface area (Å²) in [6.07, 6.45) is 4.07. The average molecular weight is 485 g/mol. The fraction of sp³-hybridized carbons (Fsp3) is 0.632. The van der Waals surface area contributed by atoms with Crippen LogP contribution in [0.2, 0.25) is 0 Å². The molecule has 1 fully saturated rings. The highest BCUT2D eigenvalue weighted by Crippen LogP contribution is 2.17. The van der Waals surface area contributed by atoms with Gasteiger partial charge in [-0.25, -0.2) is 0 Å². The van der Waals surface area contributed by atoms with Crippen molar-refractivity contribution in [3.63, 3.8) is 0 Å². The molecule has 2 aromatic heterocycles. The van der Waals surface area contributed by atoms with Gasteiger partial charge in [-0.05, 0) is 37.6 Å². The van der Waals surface area contributed by atoms with E-state index in [0.717, 1.165) is 62.5 Å². The van der Waals surface area contributed by atoms with Crippen LogP contribution in [-0.2, 0) is 6.42 Å². The van der Waals surface area contributed by atoms with Crippen LogP contribution in [0.5, 0.6) is 0 Å². The van der Waals surface area contributed by atoms with Crippen molar-refractivity contribution >= 4 is 35.6 Å². The quantitative estimate of drug-likeness (QED) is 0.370. The summed E-state index contributed by atoms with van der Waals surface area (Å²) in [5.41, 5.74) is 0.894. The Balaban J connectivity index is 0.00000261. The molecule has 0 spiro atoms. The van der Waals surface area contributed by atoms with Crippen LogP contribution in [0.25, 0.3) is 5.65 Å². The van der Waals surface area contributed by atoms with Gasteiger partial charge in [-0.2, -0.15) is 0 Å². The van der Waals surface area contributed by atoms with Crippen LogP contribution < -0.4 is 5.32 Å². The summed E-state index contributed by atoms with van der Waals surface area (Å²) in [7, 11) is 1.87. The highest BCUT2D eigenvalue weighted by atomic mass is 127. The third-order valence-electron chi connectivity index (χ3n) is 5.22. The van der Waals surface area contributed by atoms with E-state index in [1.807, 2.05) is 35.8 Å².